The van der Waals surface area contributed by atoms with Crippen LogP contribution >= 0.6 is 0 Å². The van der Waals surface area contributed by atoms with E-state index in [9.17, 15) is 0 Å². The predicted molar refractivity (Wildman–Crippen MR) is 66.9 cm³/mol. The van der Waals surface area contributed by atoms with Crippen molar-refractivity contribution in [2.75, 3.05) is 21.3 Å². The van der Waals surface area contributed by atoms with Gasteiger partial charge in [-0.2, -0.15) is 0 Å². The van der Waals surface area contributed by atoms with E-state index in [1.165, 1.54) is 0 Å². The Morgan fingerprint density at radius 1 is 1.00 bits per heavy atom. The predicted octanol–water partition coefficient (Wildman–Crippen LogP) is 2.51. The molecular weight excluding hydrogens is 220 g/mol. The summed E-state index contributed by atoms with van der Waals surface area (Å²) in [4.78, 5) is 0. The second-order valence-electron chi connectivity index (χ2n) is 3.41. The van der Waals surface area contributed by atoms with Crippen molar-refractivity contribution in [3.05, 3.63) is 41.6 Å². The van der Waals surface area contributed by atoms with Crippen LogP contribution in [0.1, 0.15) is 12.5 Å². The van der Waals surface area contributed by atoms with Gasteiger partial charge in [0.15, 0.2) is 0 Å². The lowest BCUT2D eigenvalue weighted by Crippen LogP contribution is -2.41. The van der Waals surface area contributed by atoms with Gasteiger partial charge in [-0.1, -0.05) is 30.3 Å². The van der Waals surface area contributed by atoms with E-state index in [-0.39, 0.29) is 0 Å². The molecule has 0 aromatic heterocycles. The van der Waals surface area contributed by atoms with Crippen molar-refractivity contribution in [1.29, 1.82) is 0 Å². The van der Waals surface area contributed by atoms with E-state index in [2.05, 4.69) is 0 Å². The van der Waals surface area contributed by atoms with Crippen molar-refractivity contribution in [2.45, 2.75) is 6.92 Å². The molecule has 0 aliphatic heterocycles. The van der Waals surface area contributed by atoms with Crippen molar-refractivity contribution in [1.82, 2.24) is 0 Å². The largest absolute Gasteiger partial charge is 0.529 e. The molecule has 0 bridgehead atoms. The third kappa shape index (κ3) is 3.02. The van der Waals surface area contributed by atoms with Gasteiger partial charge in [0.1, 0.15) is 0 Å². The summed E-state index contributed by atoms with van der Waals surface area (Å²) in [6, 6.07) is 10.1. The molecular formula is C12H18O3Si. The van der Waals surface area contributed by atoms with Crippen LogP contribution in [0, 0.1) is 0 Å². The molecule has 0 unspecified atom stereocenters. The molecule has 1 rings (SSSR count). The number of rotatable bonds is 5. The topological polar surface area (TPSA) is 27.7 Å². The Hall–Kier alpha value is -0.943. The first-order valence-electron chi connectivity index (χ1n) is 5.08. The standard InChI is InChI=1S/C12H18O3Si/c1-11(12-8-6-5-7-9-12)10-16(13-2,14-3)15-4/h5-10H,1-4H3. The Morgan fingerprint density at radius 2 is 1.50 bits per heavy atom. The lowest BCUT2D eigenvalue weighted by molar-refractivity contribution is 0.138. The monoisotopic (exact) mass is 238 g/mol. The quantitative estimate of drug-likeness (QED) is 0.738. The van der Waals surface area contributed by atoms with Crippen LogP contribution in [0.3, 0.4) is 0 Å². The second kappa shape index (κ2) is 5.96. The summed E-state index contributed by atoms with van der Waals surface area (Å²) in [6.45, 7) is 2.02. The van der Waals surface area contributed by atoms with Crippen LogP contribution < -0.4 is 0 Å². The van der Waals surface area contributed by atoms with Crippen LogP contribution in [0.5, 0.6) is 0 Å². The van der Waals surface area contributed by atoms with Crippen LogP contribution in [0.25, 0.3) is 5.57 Å². The maximum Gasteiger partial charge on any atom is 0.529 e. The van der Waals surface area contributed by atoms with Crippen LogP contribution in [0.15, 0.2) is 36.0 Å². The average molecular weight is 238 g/mol. The molecule has 0 amide bonds. The summed E-state index contributed by atoms with van der Waals surface area (Å²) in [5, 5.41) is 0. The van der Waals surface area contributed by atoms with E-state index in [1.807, 2.05) is 43.0 Å². The molecule has 0 saturated carbocycles. The Bertz CT molecular complexity index is 336. The fourth-order valence-corrected chi connectivity index (χ4v) is 3.03. The van der Waals surface area contributed by atoms with Crippen LogP contribution in [-0.2, 0) is 13.3 Å². The minimum Gasteiger partial charge on any atom is -0.374 e. The van der Waals surface area contributed by atoms with Gasteiger partial charge in [0.2, 0.25) is 0 Å². The Labute approximate surface area is 98.0 Å². The van der Waals surface area contributed by atoms with Gasteiger partial charge < -0.3 is 13.3 Å². The Kier molecular flexibility index (Phi) is 4.89. The first-order chi connectivity index (χ1) is 7.67. The van der Waals surface area contributed by atoms with Crippen LogP contribution in [0.4, 0.5) is 0 Å². The molecule has 0 spiro atoms. The summed E-state index contributed by atoms with van der Waals surface area (Å²) < 4.78 is 16.0. The fraction of sp³-hybridized carbons (Fsp3) is 0.333. The number of allylic oxidation sites excluding steroid dienone is 1. The van der Waals surface area contributed by atoms with Crippen molar-refractivity contribution >= 4 is 14.4 Å². The SMILES string of the molecule is CO[Si](C=C(C)c1ccccc1)(OC)OC. The van der Waals surface area contributed by atoms with Gasteiger partial charge in [-0.05, 0) is 23.8 Å². The minimum absolute atomic E-state index is 1.10. The molecule has 0 atom stereocenters. The van der Waals surface area contributed by atoms with Gasteiger partial charge >= 0.3 is 8.80 Å². The third-order valence-corrected chi connectivity index (χ3v) is 4.97. The smallest absolute Gasteiger partial charge is 0.374 e. The molecule has 0 aliphatic rings. The van der Waals surface area contributed by atoms with E-state index in [1.54, 1.807) is 21.3 Å². The first kappa shape index (κ1) is 13.1. The highest BCUT2D eigenvalue weighted by Crippen LogP contribution is 2.18. The summed E-state index contributed by atoms with van der Waals surface area (Å²) in [6.07, 6.45) is 0. The van der Waals surface area contributed by atoms with Crippen molar-refractivity contribution in [3.63, 3.8) is 0 Å². The molecule has 0 heterocycles. The zero-order chi connectivity index (χ0) is 12.0. The number of hydrogen-bond donors (Lipinski definition) is 0. The molecule has 0 aliphatic carbocycles. The molecule has 0 fully saturated rings. The highest BCUT2D eigenvalue weighted by Gasteiger charge is 2.35. The first-order valence-corrected chi connectivity index (χ1v) is 6.88. The van der Waals surface area contributed by atoms with Gasteiger partial charge in [0.25, 0.3) is 0 Å². The molecule has 4 heteroatoms. The zero-order valence-electron chi connectivity index (χ0n) is 10.2. The second-order valence-corrected chi connectivity index (χ2v) is 6.13. The van der Waals surface area contributed by atoms with Crippen molar-refractivity contribution < 1.29 is 13.3 Å². The zero-order valence-corrected chi connectivity index (χ0v) is 11.2. The maximum absolute atomic E-state index is 5.35. The van der Waals surface area contributed by atoms with Crippen molar-refractivity contribution in [3.8, 4) is 0 Å². The molecule has 0 N–H and O–H groups in total. The maximum atomic E-state index is 5.35. The third-order valence-electron chi connectivity index (χ3n) is 2.48. The molecule has 3 nitrogen and oxygen atoms in total. The van der Waals surface area contributed by atoms with Crippen LogP contribution in [-0.4, -0.2) is 30.1 Å². The van der Waals surface area contributed by atoms with Crippen LogP contribution in [0.2, 0.25) is 0 Å². The average Bonchev–Trinajstić information content (AvgIpc) is 2.37. The van der Waals surface area contributed by atoms with Gasteiger partial charge in [-0.25, -0.2) is 0 Å². The fourth-order valence-electron chi connectivity index (χ4n) is 1.48. The summed E-state index contributed by atoms with van der Waals surface area (Å²) in [5.41, 5.74) is 4.19. The van der Waals surface area contributed by atoms with E-state index in [0.29, 0.717) is 0 Å². The Balaban J connectivity index is 2.99. The summed E-state index contributed by atoms with van der Waals surface area (Å²) in [7, 11) is 2.19. The van der Waals surface area contributed by atoms with E-state index in [4.69, 9.17) is 13.3 Å². The lowest BCUT2D eigenvalue weighted by atomic mass is 10.1. The number of hydrogen-bond acceptors (Lipinski definition) is 3. The highest BCUT2D eigenvalue weighted by atomic mass is 28.4. The normalized spacial score (nSPS) is 12.9. The molecule has 1 aromatic carbocycles. The van der Waals surface area contributed by atoms with Gasteiger partial charge in [-0.15, -0.1) is 0 Å². The van der Waals surface area contributed by atoms with E-state index in [0.717, 1.165) is 11.1 Å². The van der Waals surface area contributed by atoms with Gasteiger partial charge in [-0.3, -0.25) is 0 Å². The minimum atomic E-state index is -2.63. The highest BCUT2D eigenvalue weighted by molar-refractivity contribution is 6.67. The molecule has 1 aromatic rings. The molecule has 16 heavy (non-hydrogen) atoms. The van der Waals surface area contributed by atoms with Gasteiger partial charge in [0.05, 0.1) is 0 Å². The lowest BCUT2D eigenvalue weighted by Gasteiger charge is -2.21. The Morgan fingerprint density at radius 3 is 1.94 bits per heavy atom. The number of benzene rings is 1. The molecule has 0 radical (unpaired) electrons. The molecule has 0 saturated heterocycles. The summed E-state index contributed by atoms with van der Waals surface area (Å²) >= 11 is 0. The summed E-state index contributed by atoms with van der Waals surface area (Å²) in [5.74, 6) is 0. The van der Waals surface area contributed by atoms with E-state index >= 15 is 0 Å². The molecule has 88 valence electrons. The van der Waals surface area contributed by atoms with Crippen molar-refractivity contribution in [2.24, 2.45) is 0 Å². The van der Waals surface area contributed by atoms with E-state index < -0.39 is 8.80 Å². The van der Waals surface area contributed by atoms with Gasteiger partial charge in [0, 0.05) is 21.3 Å².